The normalized spacial score (nSPS) is 17.6. The molecule has 0 saturated heterocycles. The number of hydrogen-bond donors (Lipinski definition) is 0. The van der Waals surface area contributed by atoms with E-state index in [0.717, 1.165) is 6.42 Å². The molecule has 0 aliphatic carbocycles. The molecule has 1 aromatic carbocycles. The summed E-state index contributed by atoms with van der Waals surface area (Å²) in [5, 5.41) is 0.529. The number of Topliss-reactive ketones (excluding diaryl/α,β-unsaturated/α-hetero) is 1. The first-order valence-corrected chi connectivity index (χ1v) is 7.47. The summed E-state index contributed by atoms with van der Waals surface area (Å²) in [6.07, 6.45) is 1.33. The third kappa shape index (κ3) is 2.73. The molecule has 108 valence electrons. The standard InChI is InChI=1S/C16H20ClNO2/c1-4-10(2)11(3)16(20)18-8-7-15(19)13-9-12(17)5-6-14(13)18/h5-6,9-11H,4,7-8H2,1-3H3. The van der Waals surface area contributed by atoms with Crippen molar-refractivity contribution in [3.8, 4) is 0 Å². The number of hydrogen-bond acceptors (Lipinski definition) is 2. The van der Waals surface area contributed by atoms with Crippen molar-refractivity contribution in [2.75, 3.05) is 11.4 Å². The largest absolute Gasteiger partial charge is 0.311 e. The zero-order chi connectivity index (χ0) is 14.9. The molecule has 1 aliphatic heterocycles. The van der Waals surface area contributed by atoms with Gasteiger partial charge in [0.25, 0.3) is 0 Å². The van der Waals surface area contributed by atoms with Crippen LogP contribution in [0.4, 0.5) is 5.69 Å². The molecule has 1 amide bonds. The van der Waals surface area contributed by atoms with Crippen molar-refractivity contribution >= 4 is 29.0 Å². The maximum Gasteiger partial charge on any atom is 0.230 e. The Balaban J connectivity index is 2.34. The molecule has 0 aromatic heterocycles. The van der Waals surface area contributed by atoms with E-state index in [-0.39, 0.29) is 17.6 Å². The second kappa shape index (κ2) is 5.96. The molecule has 0 bridgehead atoms. The van der Waals surface area contributed by atoms with Gasteiger partial charge in [-0.1, -0.05) is 38.8 Å². The molecule has 1 heterocycles. The van der Waals surface area contributed by atoms with E-state index < -0.39 is 0 Å². The van der Waals surface area contributed by atoms with Crippen molar-refractivity contribution in [2.24, 2.45) is 11.8 Å². The summed E-state index contributed by atoms with van der Waals surface area (Å²) >= 11 is 5.95. The van der Waals surface area contributed by atoms with Crippen LogP contribution in [-0.4, -0.2) is 18.2 Å². The maximum atomic E-state index is 12.6. The highest BCUT2D eigenvalue weighted by atomic mass is 35.5. The number of nitrogens with zero attached hydrogens (tertiary/aromatic N) is 1. The molecule has 2 unspecified atom stereocenters. The summed E-state index contributed by atoms with van der Waals surface area (Å²) in [4.78, 5) is 26.3. The first kappa shape index (κ1) is 15.0. The number of rotatable bonds is 3. The number of carbonyl (C=O) groups excluding carboxylic acids is 2. The second-order valence-corrected chi connectivity index (χ2v) is 5.94. The van der Waals surface area contributed by atoms with Crippen LogP contribution in [0.5, 0.6) is 0 Å². The Hall–Kier alpha value is -1.35. The average molecular weight is 294 g/mol. The Morgan fingerprint density at radius 2 is 2.10 bits per heavy atom. The fraction of sp³-hybridized carbons (Fsp3) is 0.500. The lowest BCUT2D eigenvalue weighted by Gasteiger charge is -2.32. The predicted octanol–water partition coefficient (Wildman–Crippen LogP) is 3.94. The van der Waals surface area contributed by atoms with Crippen LogP contribution in [0.25, 0.3) is 0 Å². The summed E-state index contributed by atoms with van der Waals surface area (Å²) in [5.74, 6) is 0.436. The third-order valence-electron chi connectivity index (χ3n) is 4.27. The molecule has 2 rings (SSSR count). The molecule has 3 nitrogen and oxygen atoms in total. The first-order valence-electron chi connectivity index (χ1n) is 7.09. The van der Waals surface area contributed by atoms with Crippen molar-refractivity contribution in [3.63, 3.8) is 0 Å². The van der Waals surface area contributed by atoms with Crippen LogP contribution in [0.1, 0.15) is 44.0 Å². The number of carbonyl (C=O) groups is 2. The van der Waals surface area contributed by atoms with Gasteiger partial charge in [0.1, 0.15) is 0 Å². The molecule has 1 aromatic rings. The van der Waals surface area contributed by atoms with E-state index in [2.05, 4.69) is 13.8 Å². The van der Waals surface area contributed by atoms with E-state index in [9.17, 15) is 9.59 Å². The number of fused-ring (bicyclic) bond motifs is 1. The molecule has 4 heteroatoms. The Morgan fingerprint density at radius 3 is 2.75 bits per heavy atom. The summed E-state index contributed by atoms with van der Waals surface area (Å²) in [7, 11) is 0. The molecule has 0 saturated carbocycles. The van der Waals surface area contributed by atoms with E-state index in [1.54, 1.807) is 23.1 Å². The van der Waals surface area contributed by atoms with Crippen LogP contribution >= 0.6 is 11.6 Å². The van der Waals surface area contributed by atoms with Gasteiger partial charge in [-0.25, -0.2) is 0 Å². The van der Waals surface area contributed by atoms with Crippen LogP contribution in [0.15, 0.2) is 18.2 Å². The Labute approximate surface area is 124 Å². The van der Waals surface area contributed by atoms with Gasteiger partial charge < -0.3 is 4.90 Å². The van der Waals surface area contributed by atoms with Crippen molar-refractivity contribution in [3.05, 3.63) is 28.8 Å². The smallest absolute Gasteiger partial charge is 0.230 e. The number of ketones is 1. The van der Waals surface area contributed by atoms with Gasteiger partial charge in [0.2, 0.25) is 5.91 Å². The zero-order valence-electron chi connectivity index (χ0n) is 12.1. The van der Waals surface area contributed by atoms with Gasteiger partial charge in [0, 0.05) is 29.5 Å². The fourth-order valence-corrected chi connectivity index (χ4v) is 2.68. The molecule has 0 N–H and O–H groups in total. The molecule has 0 fully saturated rings. The van der Waals surface area contributed by atoms with Crippen LogP contribution < -0.4 is 4.90 Å². The maximum absolute atomic E-state index is 12.6. The van der Waals surface area contributed by atoms with Crippen molar-refractivity contribution in [2.45, 2.75) is 33.6 Å². The van der Waals surface area contributed by atoms with Gasteiger partial charge in [-0.3, -0.25) is 9.59 Å². The SMILES string of the molecule is CCC(C)C(C)C(=O)N1CCC(=O)c2cc(Cl)ccc21. The first-order chi connectivity index (χ1) is 9.45. The predicted molar refractivity (Wildman–Crippen MR) is 81.4 cm³/mol. The lowest BCUT2D eigenvalue weighted by molar-refractivity contribution is -0.123. The molecule has 20 heavy (non-hydrogen) atoms. The molecular formula is C16H20ClNO2. The van der Waals surface area contributed by atoms with Crippen LogP contribution in [-0.2, 0) is 4.79 Å². The second-order valence-electron chi connectivity index (χ2n) is 5.50. The molecule has 0 radical (unpaired) electrons. The minimum absolute atomic E-state index is 0.0447. The van der Waals surface area contributed by atoms with Gasteiger partial charge in [0.15, 0.2) is 5.78 Å². The highest BCUT2D eigenvalue weighted by Crippen LogP contribution is 2.31. The lowest BCUT2D eigenvalue weighted by Crippen LogP contribution is -2.41. The van der Waals surface area contributed by atoms with E-state index in [0.29, 0.717) is 35.2 Å². The number of anilines is 1. The van der Waals surface area contributed by atoms with Gasteiger partial charge >= 0.3 is 0 Å². The Kier molecular flexibility index (Phi) is 4.48. The monoisotopic (exact) mass is 293 g/mol. The molecule has 0 spiro atoms. The minimum atomic E-state index is -0.0447. The van der Waals surface area contributed by atoms with Crippen LogP contribution in [0, 0.1) is 11.8 Å². The molecule has 2 atom stereocenters. The van der Waals surface area contributed by atoms with Crippen molar-refractivity contribution in [1.82, 2.24) is 0 Å². The van der Waals surface area contributed by atoms with Gasteiger partial charge in [-0.2, -0.15) is 0 Å². The number of halogens is 1. The number of benzene rings is 1. The van der Waals surface area contributed by atoms with Crippen molar-refractivity contribution in [1.29, 1.82) is 0 Å². The summed E-state index contributed by atoms with van der Waals surface area (Å²) in [6.45, 7) is 6.60. The number of amides is 1. The van der Waals surface area contributed by atoms with Crippen molar-refractivity contribution < 1.29 is 9.59 Å². The Morgan fingerprint density at radius 1 is 1.40 bits per heavy atom. The molecular weight excluding hydrogens is 274 g/mol. The average Bonchev–Trinajstić information content (AvgIpc) is 2.46. The quantitative estimate of drug-likeness (QED) is 0.846. The summed E-state index contributed by atoms with van der Waals surface area (Å²) < 4.78 is 0. The summed E-state index contributed by atoms with van der Waals surface area (Å²) in [5.41, 5.74) is 1.26. The van der Waals surface area contributed by atoms with E-state index >= 15 is 0 Å². The van der Waals surface area contributed by atoms with Gasteiger partial charge in [0.05, 0.1) is 5.69 Å². The van der Waals surface area contributed by atoms with Gasteiger partial charge in [-0.15, -0.1) is 0 Å². The van der Waals surface area contributed by atoms with Crippen LogP contribution in [0.3, 0.4) is 0 Å². The van der Waals surface area contributed by atoms with E-state index in [1.165, 1.54) is 0 Å². The lowest BCUT2D eigenvalue weighted by atomic mass is 9.90. The highest BCUT2D eigenvalue weighted by molar-refractivity contribution is 6.31. The topological polar surface area (TPSA) is 37.4 Å². The van der Waals surface area contributed by atoms with Crippen LogP contribution in [0.2, 0.25) is 5.02 Å². The summed E-state index contributed by atoms with van der Waals surface area (Å²) in [6, 6.07) is 5.16. The van der Waals surface area contributed by atoms with E-state index in [1.807, 2.05) is 6.92 Å². The fourth-order valence-electron chi connectivity index (χ4n) is 2.51. The van der Waals surface area contributed by atoms with Gasteiger partial charge in [-0.05, 0) is 24.1 Å². The molecule has 1 aliphatic rings. The third-order valence-corrected chi connectivity index (χ3v) is 4.50. The minimum Gasteiger partial charge on any atom is -0.311 e. The zero-order valence-corrected chi connectivity index (χ0v) is 12.9. The Bertz CT molecular complexity index is 541. The van der Waals surface area contributed by atoms with E-state index in [4.69, 9.17) is 11.6 Å². The highest BCUT2D eigenvalue weighted by Gasteiger charge is 2.31.